The van der Waals surface area contributed by atoms with Crippen molar-refractivity contribution in [2.75, 3.05) is 6.61 Å². The molecule has 15 heavy (non-hydrogen) atoms. The molecule has 0 amide bonds. The molecule has 1 fully saturated rings. The fourth-order valence-electron chi connectivity index (χ4n) is 1.81. The van der Waals surface area contributed by atoms with E-state index < -0.39 is 8.32 Å². The molecule has 1 rings (SSSR count). The van der Waals surface area contributed by atoms with Gasteiger partial charge in [-0.15, -0.1) is 0 Å². The van der Waals surface area contributed by atoms with Crippen molar-refractivity contribution in [3.63, 3.8) is 0 Å². The molecule has 1 saturated carbocycles. The van der Waals surface area contributed by atoms with E-state index in [9.17, 15) is 0 Å². The van der Waals surface area contributed by atoms with Gasteiger partial charge in [0.2, 0.25) is 0 Å². The van der Waals surface area contributed by atoms with E-state index in [0.717, 1.165) is 13.0 Å². The number of nitrogens with two attached hydrogens (primary N) is 1. The summed E-state index contributed by atoms with van der Waals surface area (Å²) in [7, 11) is -1.54. The van der Waals surface area contributed by atoms with Gasteiger partial charge in [0, 0.05) is 12.6 Å². The molecule has 2 atom stereocenters. The smallest absolute Gasteiger partial charge is 0.191 e. The van der Waals surface area contributed by atoms with Crippen LogP contribution >= 0.6 is 0 Å². The summed E-state index contributed by atoms with van der Waals surface area (Å²) in [5.41, 5.74) is 5.91. The number of rotatable bonds is 3. The Balaban J connectivity index is 2.36. The van der Waals surface area contributed by atoms with Crippen LogP contribution in [0, 0.1) is 5.92 Å². The highest BCUT2D eigenvalue weighted by Crippen LogP contribution is 2.37. The van der Waals surface area contributed by atoms with E-state index >= 15 is 0 Å². The number of hydrogen-bond acceptors (Lipinski definition) is 2. The van der Waals surface area contributed by atoms with Gasteiger partial charge in [0.15, 0.2) is 8.32 Å². The average Bonchev–Trinajstić information content (AvgIpc) is 2.46. The molecule has 0 spiro atoms. The summed E-state index contributed by atoms with van der Waals surface area (Å²) in [6.07, 6.45) is 3.61. The third kappa shape index (κ3) is 3.57. The number of hydrogen-bond donors (Lipinski definition) is 1. The highest BCUT2D eigenvalue weighted by Gasteiger charge is 2.38. The maximum Gasteiger partial charge on any atom is 0.191 e. The Morgan fingerprint density at radius 2 is 1.87 bits per heavy atom. The lowest BCUT2D eigenvalue weighted by Crippen LogP contribution is -2.41. The second-order valence-electron chi connectivity index (χ2n) is 6.51. The molecule has 0 bridgehead atoms. The Kier molecular flexibility index (Phi) is 4.01. The van der Waals surface area contributed by atoms with Crippen molar-refractivity contribution in [1.82, 2.24) is 0 Å². The van der Waals surface area contributed by atoms with Crippen molar-refractivity contribution in [2.24, 2.45) is 11.7 Å². The summed E-state index contributed by atoms with van der Waals surface area (Å²) in [5, 5.41) is 0.327. The minimum atomic E-state index is -1.54. The van der Waals surface area contributed by atoms with Crippen molar-refractivity contribution in [1.29, 1.82) is 0 Å². The van der Waals surface area contributed by atoms with Crippen LogP contribution in [0.15, 0.2) is 0 Å². The van der Waals surface area contributed by atoms with Gasteiger partial charge in [0.05, 0.1) is 0 Å². The topological polar surface area (TPSA) is 35.2 Å². The van der Waals surface area contributed by atoms with Crippen LogP contribution in [0.1, 0.15) is 40.0 Å². The molecule has 2 unspecified atom stereocenters. The van der Waals surface area contributed by atoms with E-state index in [0.29, 0.717) is 17.0 Å². The summed E-state index contributed by atoms with van der Waals surface area (Å²) >= 11 is 0. The van der Waals surface area contributed by atoms with E-state index in [2.05, 4.69) is 33.9 Å². The highest BCUT2D eigenvalue weighted by atomic mass is 28.4. The van der Waals surface area contributed by atoms with E-state index in [-0.39, 0.29) is 0 Å². The second-order valence-corrected chi connectivity index (χ2v) is 11.3. The molecule has 0 saturated heterocycles. The quantitative estimate of drug-likeness (QED) is 0.755. The van der Waals surface area contributed by atoms with Gasteiger partial charge >= 0.3 is 0 Å². The first-order valence-corrected chi connectivity index (χ1v) is 9.03. The van der Waals surface area contributed by atoms with Gasteiger partial charge in [-0.25, -0.2) is 0 Å². The minimum absolute atomic E-state index is 0.327. The molecular weight excluding hydrogens is 202 g/mol. The van der Waals surface area contributed by atoms with Gasteiger partial charge in [-0.05, 0) is 43.3 Å². The van der Waals surface area contributed by atoms with Crippen LogP contribution in [-0.2, 0) is 4.43 Å². The van der Waals surface area contributed by atoms with Crippen molar-refractivity contribution in [2.45, 2.75) is 64.2 Å². The maximum absolute atomic E-state index is 6.21. The molecule has 90 valence electrons. The molecule has 1 aliphatic rings. The Hall–Kier alpha value is 0.137. The average molecular weight is 229 g/mol. The molecule has 0 aliphatic heterocycles. The van der Waals surface area contributed by atoms with E-state index in [1.807, 2.05) is 0 Å². The first-order chi connectivity index (χ1) is 6.72. The lowest BCUT2D eigenvalue weighted by atomic mass is 10.1. The predicted octanol–water partition coefficient (Wildman–Crippen LogP) is 3.14. The lowest BCUT2D eigenvalue weighted by molar-refractivity contribution is 0.229. The molecule has 3 heteroatoms. The first kappa shape index (κ1) is 13.2. The van der Waals surface area contributed by atoms with Crippen molar-refractivity contribution >= 4 is 8.32 Å². The predicted molar refractivity (Wildman–Crippen MR) is 68.5 cm³/mol. The summed E-state index contributed by atoms with van der Waals surface area (Å²) in [6.45, 7) is 12.5. The highest BCUT2D eigenvalue weighted by molar-refractivity contribution is 6.74. The fourth-order valence-corrected chi connectivity index (χ4v) is 2.89. The molecule has 1 aliphatic carbocycles. The van der Waals surface area contributed by atoms with Crippen LogP contribution in [0.5, 0.6) is 0 Å². The largest absolute Gasteiger partial charge is 0.417 e. The van der Waals surface area contributed by atoms with E-state index in [4.69, 9.17) is 10.2 Å². The van der Waals surface area contributed by atoms with Crippen molar-refractivity contribution in [3.05, 3.63) is 0 Å². The van der Waals surface area contributed by atoms with Crippen LogP contribution in [0.4, 0.5) is 0 Å². The Morgan fingerprint density at radius 1 is 1.27 bits per heavy atom. The molecular formula is C12H27NOSi. The van der Waals surface area contributed by atoms with E-state index in [1.54, 1.807) is 0 Å². The first-order valence-electron chi connectivity index (χ1n) is 6.12. The monoisotopic (exact) mass is 229 g/mol. The molecule has 0 aromatic heterocycles. The van der Waals surface area contributed by atoms with Gasteiger partial charge in [0.25, 0.3) is 0 Å². The van der Waals surface area contributed by atoms with Crippen LogP contribution < -0.4 is 5.73 Å². The molecule has 0 heterocycles. The summed E-state index contributed by atoms with van der Waals surface area (Å²) in [6, 6.07) is 0.429. The van der Waals surface area contributed by atoms with Crippen LogP contribution in [-0.4, -0.2) is 21.0 Å². The van der Waals surface area contributed by atoms with Crippen molar-refractivity contribution in [3.8, 4) is 0 Å². The van der Waals surface area contributed by atoms with Crippen molar-refractivity contribution < 1.29 is 4.43 Å². The SMILES string of the molecule is CC(C)(C)[Si](C)(C)OCC1CCC(N)C1. The summed E-state index contributed by atoms with van der Waals surface area (Å²) in [4.78, 5) is 0. The van der Waals surface area contributed by atoms with Gasteiger partial charge in [-0.2, -0.15) is 0 Å². The molecule has 2 N–H and O–H groups in total. The zero-order valence-electron chi connectivity index (χ0n) is 11.0. The van der Waals surface area contributed by atoms with Gasteiger partial charge in [-0.3, -0.25) is 0 Å². The van der Waals surface area contributed by atoms with Crippen LogP contribution in [0.25, 0.3) is 0 Å². The normalized spacial score (nSPS) is 28.4. The summed E-state index contributed by atoms with van der Waals surface area (Å²) in [5.74, 6) is 0.717. The standard InChI is InChI=1S/C12H27NOSi/c1-12(2,3)15(4,5)14-9-10-6-7-11(13)8-10/h10-11H,6-9,13H2,1-5H3. The molecule has 0 aromatic rings. The summed E-state index contributed by atoms with van der Waals surface area (Å²) < 4.78 is 6.21. The molecule has 0 radical (unpaired) electrons. The zero-order chi connectivity index (χ0) is 11.7. The van der Waals surface area contributed by atoms with Gasteiger partial charge in [-0.1, -0.05) is 20.8 Å². The second kappa shape index (κ2) is 4.56. The lowest BCUT2D eigenvalue weighted by Gasteiger charge is -2.37. The van der Waals surface area contributed by atoms with Gasteiger partial charge in [0.1, 0.15) is 0 Å². The maximum atomic E-state index is 6.21. The van der Waals surface area contributed by atoms with Gasteiger partial charge < -0.3 is 10.2 Å². The third-order valence-electron chi connectivity index (χ3n) is 4.07. The Bertz CT molecular complexity index is 210. The zero-order valence-corrected chi connectivity index (χ0v) is 12.0. The van der Waals surface area contributed by atoms with Crippen LogP contribution in [0.3, 0.4) is 0 Å². The Labute approximate surface area is 95.7 Å². The minimum Gasteiger partial charge on any atom is -0.417 e. The van der Waals surface area contributed by atoms with E-state index in [1.165, 1.54) is 12.8 Å². The molecule has 2 nitrogen and oxygen atoms in total. The molecule has 0 aromatic carbocycles. The van der Waals surface area contributed by atoms with Crippen LogP contribution in [0.2, 0.25) is 18.1 Å². The Morgan fingerprint density at radius 3 is 2.27 bits per heavy atom. The fraction of sp³-hybridized carbons (Fsp3) is 1.00. The third-order valence-corrected chi connectivity index (χ3v) is 8.57.